The van der Waals surface area contributed by atoms with Crippen LogP contribution in [0.1, 0.15) is 5.56 Å². The number of carbonyl (C=O) groups excluding carboxylic acids is 1. The van der Waals surface area contributed by atoms with Gasteiger partial charge in [0.2, 0.25) is 0 Å². The molecule has 2 aromatic carbocycles. The standard InChI is InChI=1S/C17H20N4O/c18-15-7-4-8-16(11-15)21-13-17(22)20-10-9-19-12-14-5-2-1-3-6-14/h1-8,11,13,19H,9-10,12,18H2,(H,20,22)/b21-13+. The Labute approximate surface area is 130 Å². The predicted molar refractivity (Wildman–Crippen MR) is 90.2 cm³/mol. The van der Waals surface area contributed by atoms with Gasteiger partial charge in [0.25, 0.3) is 5.91 Å². The molecule has 0 bridgehead atoms. The average molecular weight is 296 g/mol. The molecule has 1 amide bonds. The zero-order valence-corrected chi connectivity index (χ0v) is 12.3. The molecule has 114 valence electrons. The number of rotatable bonds is 7. The van der Waals surface area contributed by atoms with Gasteiger partial charge in [0.15, 0.2) is 0 Å². The van der Waals surface area contributed by atoms with Crippen molar-refractivity contribution >= 4 is 23.5 Å². The van der Waals surface area contributed by atoms with Crippen LogP contribution in [-0.4, -0.2) is 25.2 Å². The van der Waals surface area contributed by atoms with Crippen molar-refractivity contribution in [3.05, 3.63) is 60.2 Å². The molecule has 2 rings (SSSR count). The fraction of sp³-hybridized carbons (Fsp3) is 0.176. The van der Waals surface area contributed by atoms with Gasteiger partial charge in [-0.15, -0.1) is 0 Å². The summed E-state index contributed by atoms with van der Waals surface area (Å²) in [7, 11) is 0. The lowest BCUT2D eigenvalue weighted by atomic mass is 10.2. The maximum Gasteiger partial charge on any atom is 0.262 e. The van der Waals surface area contributed by atoms with Crippen LogP contribution in [0.3, 0.4) is 0 Å². The number of nitrogen functional groups attached to an aromatic ring is 1. The molecule has 5 nitrogen and oxygen atoms in total. The van der Waals surface area contributed by atoms with Crippen LogP contribution in [0, 0.1) is 0 Å². The van der Waals surface area contributed by atoms with Crippen LogP contribution in [-0.2, 0) is 11.3 Å². The zero-order valence-electron chi connectivity index (χ0n) is 12.3. The highest BCUT2D eigenvalue weighted by molar-refractivity contribution is 6.26. The highest BCUT2D eigenvalue weighted by atomic mass is 16.1. The molecule has 0 saturated carbocycles. The molecular formula is C17H20N4O. The van der Waals surface area contributed by atoms with Gasteiger partial charge in [-0.05, 0) is 23.8 Å². The summed E-state index contributed by atoms with van der Waals surface area (Å²) in [5.41, 5.74) is 8.15. The Bertz CT molecular complexity index is 626. The normalized spacial score (nSPS) is 10.7. The van der Waals surface area contributed by atoms with Gasteiger partial charge < -0.3 is 16.4 Å². The molecule has 0 atom stereocenters. The molecule has 0 aliphatic carbocycles. The maximum atomic E-state index is 11.6. The Morgan fingerprint density at radius 2 is 1.91 bits per heavy atom. The van der Waals surface area contributed by atoms with Gasteiger partial charge in [-0.1, -0.05) is 36.4 Å². The largest absolute Gasteiger partial charge is 0.399 e. The first kappa shape index (κ1) is 15.7. The van der Waals surface area contributed by atoms with E-state index in [-0.39, 0.29) is 5.91 Å². The molecular weight excluding hydrogens is 276 g/mol. The van der Waals surface area contributed by atoms with E-state index in [1.54, 1.807) is 24.3 Å². The van der Waals surface area contributed by atoms with Crippen LogP contribution in [0.4, 0.5) is 11.4 Å². The van der Waals surface area contributed by atoms with Crippen LogP contribution in [0.2, 0.25) is 0 Å². The molecule has 0 saturated heterocycles. The highest BCUT2D eigenvalue weighted by Crippen LogP contribution is 2.14. The van der Waals surface area contributed by atoms with E-state index in [2.05, 4.69) is 27.8 Å². The summed E-state index contributed by atoms with van der Waals surface area (Å²) in [5, 5.41) is 6.03. The van der Waals surface area contributed by atoms with Gasteiger partial charge in [0, 0.05) is 25.3 Å². The average Bonchev–Trinajstić information content (AvgIpc) is 2.54. The van der Waals surface area contributed by atoms with Crippen LogP contribution >= 0.6 is 0 Å². The van der Waals surface area contributed by atoms with Gasteiger partial charge in [-0.25, -0.2) is 0 Å². The first-order chi connectivity index (χ1) is 10.7. The summed E-state index contributed by atoms with van der Waals surface area (Å²) in [6.07, 6.45) is 1.27. The van der Waals surface area contributed by atoms with Gasteiger partial charge in [-0.3, -0.25) is 9.79 Å². The smallest absolute Gasteiger partial charge is 0.262 e. The molecule has 22 heavy (non-hydrogen) atoms. The second-order valence-electron chi connectivity index (χ2n) is 4.81. The Hall–Kier alpha value is -2.66. The maximum absolute atomic E-state index is 11.6. The molecule has 5 heteroatoms. The summed E-state index contributed by atoms with van der Waals surface area (Å²) in [6.45, 7) is 2.04. The SMILES string of the molecule is Nc1cccc(/N=C/C(=O)NCCNCc2ccccc2)c1. The van der Waals surface area contributed by atoms with Crippen molar-refractivity contribution in [1.29, 1.82) is 0 Å². The van der Waals surface area contributed by atoms with Crippen molar-refractivity contribution in [2.45, 2.75) is 6.54 Å². The molecule has 0 aromatic heterocycles. The van der Waals surface area contributed by atoms with E-state index in [4.69, 9.17) is 5.73 Å². The van der Waals surface area contributed by atoms with Crippen LogP contribution in [0.15, 0.2) is 59.6 Å². The third-order valence-electron chi connectivity index (χ3n) is 2.97. The fourth-order valence-corrected chi connectivity index (χ4v) is 1.89. The summed E-state index contributed by atoms with van der Waals surface area (Å²) in [5.74, 6) is -0.219. The van der Waals surface area contributed by atoms with Crippen molar-refractivity contribution < 1.29 is 4.79 Å². The molecule has 0 radical (unpaired) electrons. The monoisotopic (exact) mass is 296 g/mol. The van der Waals surface area contributed by atoms with E-state index in [1.165, 1.54) is 11.8 Å². The van der Waals surface area contributed by atoms with Crippen LogP contribution in [0.25, 0.3) is 0 Å². The molecule has 0 unspecified atom stereocenters. The van der Waals surface area contributed by atoms with Crippen molar-refractivity contribution in [1.82, 2.24) is 10.6 Å². The van der Waals surface area contributed by atoms with Gasteiger partial charge in [0.05, 0.1) is 11.9 Å². The Morgan fingerprint density at radius 3 is 2.68 bits per heavy atom. The van der Waals surface area contributed by atoms with E-state index < -0.39 is 0 Å². The second-order valence-corrected chi connectivity index (χ2v) is 4.81. The van der Waals surface area contributed by atoms with Gasteiger partial charge in [-0.2, -0.15) is 0 Å². The number of amides is 1. The van der Waals surface area contributed by atoms with E-state index in [9.17, 15) is 4.79 Å². The number of nitrogens with zero attached hydrogens (tertiary/aromatic N) is 1. The molecule has 0 fully saturated rings. The van der Waals surface area contributed by atoms with E-state index in [0.29, 0.717) is 24.5 Å². The minimum Gasteiger partial charge on any atom is -0.399 e. The lowest BCUT2D eigenvalue weighted by Gasteiger charge is -2.05. The quantitative estimate of drug-likeness (QED) is 0.414. The summed E-state index contributed by atoms with van der Waals surface area (Å²) >= 11 is 0. The molecule has 0 aliphatic rings. The minimum absolute atomic E-state index is 0.219. The van der Waals surface area contributed by atoms with E-state index >= 15 is 0 Å². The van der Waals surface area contributed by atoms with Crippen molar-refractivity contribution in [2.75, 3.05) is 18.8 Å². The number of anilines is 1. The highest BCUT2D eigenvalue weighted by Gasteiger charge is 1.96. The second kappa shape index (κ2) is 8.59. The number of hydrogen-bond acceptors (Lipinski definition) is 4. The first-order valence-corrected chi connectivity index (χ1v) is 7.16. The molecule has 0 spiro atoms. The summed E-state index contributed by atoms with van der Waals surface area (Å²) in [6, 6.07) is 17.2. The topological polar surface area (TPSA) is 79.5 Å². The Kier molecular flexibility index (Phi) is 6.14. The first-order valence-electron chi connectivity index (χ1n) is 7.16. The lowest BCUT2D eigenvalue weighted by Crippen LogP contribution is -2.32. The summed E-state index contributed by atoms with van der Waals surface area (Å²) in [4.78, 5) is 15.7. The fourth-order valence-electron chi connectivity index (χ4n) is 1.89. The Morgan fingerprint density at radius 1 is 1.09 bits per heavy atom. The van der Waals surface area contributed by atoms with Crippen molar-refractivity contribution in [2.24, 2.45) is 4.99 Å². The number of nitrogens with two attached hydrogens (primary N) is 1. The molecule has 2 aromatic rings. The number of benzene rings is 2. The molecule has 0 aliphatic heterocycles. The van der Waals surface area contributed by atoms with Crippen LogP contribution in [0.5, 0.6) is 0 Å². The lowest BCUT2D eigenvalue weighted by molar-refractivity contribution is -0.114. The van der Waals surface area contributed by atoms with Gasteiger partial charge in [0.1, 0.15) is 0 Å². The predicted octanol–water partition coefficient (Wildman–Crippen LogP) is 1.88. The number of aliphatic imine (C=N–C) groups is 1. The number of nitrogens with one attached hydrogen (secondary N) is 2. The van der Waals surface area contributed by atoms with Crippen LogP contribution < -0.4 is 16.4 Å². The van der Waals surface area contributed by atoms with E-state index in [1.807, 2.05) is 18.2 Å². The number of hydrogen-bond donors (Lipinski definition) is 3. The Balaban J connectivity index is 1.63. The molecule has 4 N–H and O–H groups in total. The third kappa shape index (κ3) is 5.76. The zero-order chi connectivity index (χ0) is 15.6. The van der Waals surface area contributed by atoms with E-state index in [0.717, 1.165) is 6.54 Å². The van der Waals surface area contributed by atoms with Crippen molar-refractivity contribution in [3.63, 3.8) is 0 Å². The minimum atomic E-state index is -0.219. The number of carbonyl (C=O) groups is 1. The van der Waals surface area contributed by atoms with Crippen molar-refractivity contribution in [3.8, 4) is 0 Å². The summed E-state index contributed by atoms with van der Waals surface area (Å²) < 4.78 is 0. The third-order valence-corrected chi connectivity index (χ3v) is 2.97. The van der Waals surface area contributed by atoms with Gasteiger partial charge >= 0.3 is 0 Å². The molecule has 0 heterocycles.